The summed E-state index contributed by atoms with van der Waals surface area (Å²) in [4.78, 5) is 47.4. The third-order valence-corrected chi connectivity index (χ3v) is 7.73. The van der Waals surface area contributed by atoms with Crippen molar-refractivity contribution in [3.05, 3.63) is 11.6 Å². The van der Waals surface area contributed by atoms with Gasteiger partial charge in [-0.2, -0.15) is 18.6 Å². The molecule has 2 aromatic heterocycles. The fourth-order valence-corrected chi connectivity index (χ4v) is 5.83. The molecule has 1 aliphatic heterocycles. The maximum Gasteiger partial charge on any atom is 0.490 e. The summed E-state index contributed by atoms with van der Waals surface area (Å²) in [6.45, 7) is -0.814. The van der Waals surface area contributed by atoms with Gasteiger partial charge in [0.1, 0.15) is 17.8 Å². The Morgan fingerprint density at radius 2 is 1.87 bits per heavy atom. The lowest BCUT2D eigenvalue weighted by Gasteiger charge is -2.19. The minimum absolute atomic E-state index is 0.0107. The van der Waals surface area contributed by atoms with E-state index >= 15 is 0 Å². The highest BCUT2D eigenvalue weighted by Crippen LogP contribution is 2.66. The Bertz CT molecular complexity index is 1120. The molecule has 7 N–H and O–H groups in total. The number of aliphatic hydroxyl groups is 1. The van der Waals surface area contributed by atoms with E-state index in [1.54, 1.807) is 0 Å². The van der Waals surface area contributed by atoms with Crippen LogP contribution in [0.5, 0.6) is 0 Å². The molecule has 0 aromatic carbocycles. The first-order valence-corrected chi connectivity index (χ1v) is 12.8. The third-order valence-electron chi connectivity index (χ3n) is 3.75. The zero-order valence-corrected chi connectivity index (χ0v) is 18.3. The summed E-state index contributed by atoms with van der Waals surface area (Å²) in [7, 11) is -16.5. The summed E-state index contributed by atoms with van der Waals surface area (Å²) >= 11 is 5.78. The average molecular weight is 526 g/mol. The summed E-state index contributed by atoms with van der Waals surface area (Å²) in [5.41, 5.74) is 6.13. The number of anilines is 1. The number of hydrogen-bond acceptors (Lipinski definition) is 12. The first-order chi connectivity index (χ1) is 14.2. The molecule has 21 heteroatoms. The molecule has 31 heavy (non-hydrogen) atoms. The highest BCUT2D eigenvalue weighted by Gasteiger charge is 2.43. The second kappa shape index (κ2) is 8.72. The van der Waals surface area contributed by atoms with Crippen LogP contribution in [0.2, 0.25) is 5.28 Å². The average Bonchev–Trinajstić information content (AvgIpc) is 3.13. The largest absolute Gasteiger partial charge is 0.490 e. The van der Waals surface area contributed by atoms with E-state index in [9.17, 15) is 23.7 Å². The van der Waals surface area contributed by atoms with E-state index in [2.05, 4.69) is 28.1 Å². The van der Waals surface area contributed by atoms with Crippen LogP contribution in [0.1, 0.15) is 12.6 Å². The van der Waals surface area contributed by atoms with Crippen LogP contribution in [0.25, 0.3) is 11.2 Å². The number of phosphoric acid groups is 3. The lowest BCUT2D eigenvalue weighted by Crippen LogP contribution is -2.26. The van der Waals surface area contributed by atoms with Crippen molar-refractivity contribution in [2.45, 2.75) is 24.9 Å². The predicted molar refractivity (Wildman–Crippen MR) is 99.1 cm³/mol. The number of ether oxygens (including phenoxy) is 1. The minimum atomic E-state index is -5.66. The maximum atomic E-state index is 11.8. The second-order valence-corrected chi connectivity index (χ2v) is 10.8. The molecule has 1 fully saturated rings. The molecule has 3 rings (SSSR count). The molecule has 0 amide bonds. The molecule has 4 unspecified atom stereocenters. The molecule has 0 bridgehead atoms. The molecule has 1 aliphatic rings. The molecule has 2 aromatic rings. The molecular formula is C10H15ClN5O12P3. The van der Waals surface area contributed by atoms with Crippen LogP contribution in [0.3, 0.4) is 0 Å². The first kappa shape index (κ1) is 24.6. The Kier molecular flexibility index (Phi) is 6.93. The van der Waals surface area contributed by atoms with Gasteiger partial charge in [-0.3, -0.25) is 9.09 Å². The van der Waals surface area contributed by atoms with Crippen LogP contribution in [-0.2, 0) is 31.6 Å². The van der Waals surface area contributed by atoms with E-state index in [1.165, 1.54) is 10.9 Å². The van der Waals surface area contributed by atoms with E-state index in [0.717, 1.165) is 0 Å². The summed E-state index contributed by atoms with van der Waals surface area (Å²) in [6, 6.07) is 0. The van der Waals surface area contributed by atoms with E-state index in [0.29, 0.717) is 0 Å². The van der Waals surface area contributed by atoms with Crippen molar-refractivity contribution in [3.63, 3.8) is 0 Å². The van der Waals surface area contributed by atoms with Gasteiger partial charge in [0.25, 0.3) is 0 Å². The summed E-state index contributed by atoms with van der Waals surface area (Å²) < 4.78 is 52.3. The van der Waals surface area contributed by atoms with Gasteiger partial charge >= 0.3 is 23.5 Å². The van der Waals surface area contributed by atoms with Gasteiger partial charge in [-0.1, -0.05) is 0 Å². The number of aromatic nitrogens is 4. The van der Waals surface area contributed by atoms with E-state index in [-0.39, 0.29) is 28.7 Å². The van der Waals surface area contributed by atoms with Crippen molar-refractivity contribution in [1.29, 1.82) is 0 Å². The summed E-state index contributed by atoms with van der Waals surface area (Å²) in [5, 5.41) is 10.00. The van der Waals surface area contributed by atoms with Crippen molar-refractivity contribution in [2.24, 2.45) is 0 Å². The number of nitrogen functional groups attached to an aromatic ring is 1. The van der Waals surface area contributed by atoms with E-state index in [4.69, 9.17) is 36.8 Å². The van der Waals surface area contributed by atoms with Crippen LogP contribution in [0, 0.1) is 0 Å². The monoisotopic (exact) mass is 525 g/mol. The lowest BCUT2D eigenvalue weighted by molar-refractivity contribution is -0.0423. The molecule has 0 saturated carbocycles. The van der Waals surface area contributed by atoms with Crippen molar-refractivity contribution < 1.29 is 56.3 Å². The standard InChI is InChI=1S/C10H15ClN5O12P3/c11-10-14-8(12)7-9(15-10)16(3-13-7)6-1-4(17)5(26-6)2-25-30(21,22)28-31(23,24)27-29(18,19)20/h3-6,17H,1-2H2,(H,21,22)(H,23,24)(H2,12,14,15)(H2,18,19,20)/t4-,5?,6?/m1/s1. The number of halogens is 1. The fraction of sp³-hybridized carbons (Fsp3) is 0.500. The molecule has 0 aliphatic carbocycles. The van der Waals surface area contributed by atoms with Gasteiger partial charge in [-0.15, -0.1) is 0 Å². The zero-order chi connectivity index (χ0) is 23.2. The number of fused-ring (bicyclic) bond motifs is 1. The van der Waals surface area contributed by atoms with Gasteiger partial charge in [0, 0.05) is 6.42 Å². The number of rotatable bonds is 8. The van der Waals surface area contributed by atoms with Crippen molar-refractivity contribution in [2.75, 3.05) is 12.3 Å². The van der Waals surface area contributed by atoms with Gasteiger partial charge in [0.2, 0.25) is 5.28 Å². The van der Waals surface area contributed by atoms with Crippen LogP contribution in [-0.4, -0.2) is 63.0 Å². The quantitative estimate of drug-likeness (QED) is 0.196. The molecule has 0 radical (unpaired) electrons. The minimum Gasteiger partial charge on any atom is -0.390 e. The molecule has 174 valence electrons. The van der Waals surface area contributed by atoms with Gasteiger partial charge < -0.3 is 35.2 Å². The zero-order valence-electron chi connectivity index (χ0n) is 14.9. The SMILES string of the molecule is Nc1nc(Cl)nc2c1ncn2C1C[C@@H](O)C(COP(=O)(O)OP(=O)(O)OP(=O)(O)O)O1. The lowest BCUT2D eigenvalue weighted by atomic mass is 10.2. The van der Waals surface area contributed by atoms with Crippen LogP contribution < -0.4 is 5.73 Å². The third kappa shape index (κ3) is 6.27. The van der Waals surface area contributed by atoms with Crippen molar-refractivity contribution in [1.82, 2.24) is 19.5 Å². The highest BCUT2D eigenvalue weighted by atomic mass is 35.5. The van der Waals surface area contributed by atoms with Crippen LogP contribution >= 0.6 is 35.1 Å². The summed E-state index contributed by atoms with van der Waals surface area (Å²) in [5.74, 6) is 0.0107. The smallest absolute Gasteiger partial charge is 0.390 e. The Morgan fingerprint density at radius 3 is 2.52 bits per heavy atom. The van der Waals surface area contributed by atoms with E-state index in [1.807, 2.05) is 0 Å². The topological polar surface area (TPSA) is 259 Å². The fourth-order valence-electron chi connectivity index (χ4n) is 2.63. The number of nitrogens with zero attached hydrogens (tertiary/aromatic N) is 4. The number of aliphatic hydroxyl groups excluding tert-OH is 1. The molecule has 17 nitrogen and oxygen atoms in total. The van der Waals surface area contributed by atoms with Crippen LogP contribution in [0.15, 0.2) is 6.33 Å². The second-order valence-electron chi connectivity index (χ2n) is 6.02. The summed E-state index contributed by atoms with van der Waals surface area (Å²) in [6.07, 6.45) is -2.07. The Labute approximate surface area is 177 Å². The molecule has 1 saturated heterocycles. The normalized spacial score (nSPS) is 26.1. The van der Waals surface area contributed by atoms with Gasteiger partial charge in [-0.05, 0) is 11.6 Å². The Hall–Kier alpha value is -1.03. The van der Waals surface area contributed by atoms with Crippen molar-refractivity contribution in [3.8, 4) is 0 Å². The van der Waals surface area contributed by atoms with Gasteiger partial charge in [0.05, 0.1) is 19.0 Å². The first-order valence-electron chi connectivity index (χ1n) is 7.93. The van der Waals surface area contributed by atoms with Crippen LogP contribution in [0.4, 0.5) is 5.82 Å². The number of imidazole rings is 1. The highest BCUT2D eigenvalue weighted by molar-refractivity contribution is 7.66. The maximum absolute atomic E-state index is 11.8. The van der Waals surface area contributed by atoms with E-state index < -0.39 is 48.5 Å². The molecular weight excluding hydrogens is 511 g/mol. The van der Waals surface area contributed by atoms with Crippen molar-refractivity contribution >= 4 is 52.1 Å². The Morgan fingerprint density at radius 1 is 1.19 bits per heavy atom. The predicted octanol–water partition coefficient (Wildman–Crippen LogP) is 0.0536. The molecule has 0 spiro atoms. The number of phosphoric ester groups is 1. The molecule has 3 heterocycles. The Balaban J connectivity index is 1.66. The molecule has 5 atom stereocenters. The van der Waals surface area contributed by atoms with Gasteiger partial charge in [-0.25, -0.2) is 18.7 Å². The van der Waals surface area contributed by atoms with Gasteiger partial charge in [0.15, 0.2) is 11.5 Å². The number of nitrogens with two attached hydrogens (primary N) is 1. The number of hydrogen-bond donors (Lipinski definition) is 6.